The number of halogens is 4. The number of carbonyl (C=O) groups is 1. The van der Waals surface area contributed by atoms with E-state index in [4.69, 9.17) is 11.6 Å². The number of pyridine rings is 2. The molecule has 0 atom stereocenters. The van der Waals surface area contributed by atoms with Crippen molar-refractivity contribution in [1.82, 2.24) is 14.9 Å². The normalized spacial score (nSPS) is 13.8. The highest BCUT2D eigenvalue weighted by Gasteiger charge is 2.32. The number of anilines is 1. The van der Waals surface area contributed by atoms with Gasteiger partial charge in [-0.2, -0.15) is 0 Å². The summed E-state index contributed by atoms with van der Waals surface area (Å²) in [6.45, 7) is 1.84. The van der Waals surface area contributed by atoms with Crippen molar-refractivity contribution in [3.8, 4) is 17.6 Å². The zero-order valence-corrected chi connectivity index (χ0v) is 18.5. The van der Waals surface area contributed by atoms with E-state index in [9.17, 15) is 18.0 Å². The second-order valence-electron chi connectivity index (χ2n) is 7.31. The third-order valence-electron chi connectivity index (χ3n) is 5.05. The number of hydrogen-bond donors (Lipinski definition) is 0. The molecule has 3 aromatic rings. The summed E-state index contributed by atoms with van der Waals surface area (Å²) in [4.78, 5) is 25.0. The molecule has 0 N–H and O–H groups in total. The molecule has 0 radical (unpaired) electrons. The lowest BCUT2D eigenvalue weighted by Gasteiger charge is -2.35. The summed E-state index contributed by atoms with van der Waals surface area (Å²) in [5.74, 6) is 5.20. The first-order valence-electron chi connectivity index (χ1n) is 10.3. The van der Waals surface area contributed by atoms with Gasteiger partial charge in [-0.15, -0.1) is 13.2 Å². The molecule has 1 amide bonds. The van der Waals surface area contributed by atoms with Crippen molar-refractivity contribution in [2.24, 2.45) is 0 Å². The fraction of sp³-hybridized carbons (Fsp3) is 0.208. The van der Waals surface area contributed by atoms with Gasteiger partial charge in [-0.1, -0.05) is 23.6 Å². The predicted octanol–water partition coefficient (Wildman–Crippen LogP) is 4.39. The summed E-state index contributed by atoms with van der Waals surface area (Å²) >= 11 is 6.21. The summed E-state index contributed by atoms with van der Waals surface area (Å²) in [5, 5.41) is 0.527. The van der Waals surface area contributed by atoms with Crippen LogP contribution in [0.3, 0.4) is 0 Å². The molecule has 4 rings (SSSR count). The first kappa shape index (κ1) is 23.4. The van der Waals surface area contributed by atoms with Crippen LogP contribution in [0.15, 0.2) is 60.9 Å². The van der Waals surface area contributed by atoms with Gasteiger partial charge in [0.05, 0.1) is 10.6 Å². The van der Waals surface area contributed by atoms with E-state index >= 15 is 0 Å². The maximum absolute atomic E-state index is 13.1. The fourth-order valence-corrected chi connectivity index (χ4v) is 3.70. The van der Waals surface area contributed by atoms with Gasteiger partial charge in [0.2, 0.25) is 0 Å². The molecule has 0 bridgehead atoms. The molecule has 0 unspecified atom stereocenters. The molecule has 3 heterocycles. The Morgan fingerprint density at radius 2 is 1.74 bits per heavy atom. The molecular weight excluding hydrogens is 469 g/mol. The van der Waals surface area contributed by atoms with Gasteiger partial charge in [0, 0.05) is 44.1 Å². The molecule has 1 aliphatic heterocycles. The van der Waals surface area contributed by atoms with Crippen LogP contribution in [0.4, 0.5) is 19.0 Å². The van der Waals surface area contributed by atoms with Crippen LogP contribution >= 0.6 is 11.6 Å². The Bertz CT molecular complexity index is 1230. The van der Waals surface area contributed by atoms with E-state index in [1.807, 2.05) is 4.90 Å². The predicted molar refractivity (Wildman–Crippen MR) is 121 cm³/mol. The van der Waals surface area contributed by atoms with E-state index in [1.54, 1.807) is 41.4 Å². The van der Waals surface area contributed by atoms with E-state index in [0.717, 1.165) is 6.07 Å². The number of ether oxygens (including phenoxy) is 1. The fourth-order valence-electron chi connectivity index (χ4n) is 3.46. The second kappa shape index (κ2) is 10.0. The van der Waals surface area contributed by atoms with Gasteiger partial charge in [-0.05, 0) is 48.4 Å². The Balaban J connectivity index is 1.54. The average Bonchev–Trinajstić information content (AvgIpc) is 2.83. The SMILES string of the molecule is O=C(c1ccc(OC(F)(F)F)c(C#Cc2ccccn2)c1)N1CCN(c2ncccc2Cl)CC1. The average molecular weight is 487 g/mol. The zero-order chi connectivity index (χ0) is 24.1. The monoisotopic (exact) mass is 486 g/mol. The number of piperazine rings is 1. The topological polar surface area (TPSA) is 58.6 Å². The number of carbonyl (C=O) groups excluding carboxylic acids is 1. The van der Waals surface area contributed by atoms with Crippen molar-refractivity contribution in [1.29, 1.82) is 0 Å². The van der Waals surface area contributed by atoms with Crippen LogP contribution in [0, 0.1) is 11.8 Å². The summed E-state index contributed by atoms with van der Waals surface area (Å²) in [7, 11) is 0. The van der Waals surface area contributed by atoms with Crippen LogP contribution in [0.5, 0.6) is 5.75 Å². The van der Waals surface area contributed by atoms with Crippen LogP contribution < -0.4 is 9.64 Å². The standard InChI is InChI=1S/C24H18ClF3N4O2/c25-20-5-3-11-30-22(20)31-12-14-32(15-13-31)23(33)18-7-9-21(34-24(26,27)28)17(16-18)6-8-19-4-1-2-10-29-19/h1-5,7,9-11,16H,12-15H2. The molecule has 1 saturated heterocycles. The van der Waals surface area contributed by atoms with Gasteiger partial charge in [0.25, 0.3) is 5.91 Å². The molecule has 34 heavy (non-hydrogen) atoms. The second-order valence-corrected chi connectivity index (χ2v) is 7.72. The van der Waals surface area contributed by atoms with Crippen LogP contribution in [-0.2, 0) is 0 Å². The van der Waals surface area contributed by atoms with Crippen LogP contribution in [0.25, 0.3) is 0 Å². The molecule has 10 heteroatoms. The van der Waals surface area contributed by atoms with Crippen molar-refractivity contribution >= 4 is 23.3 Å². The lowest BCUT2D eigenvalue weighted by molar-refractivity contribution is -0.274. The van der Waals surface area contributed by atoms with Crippen molar-refractivity contribution in [2.45, 2.75) is 6.36 Å². The minimum absolute atomic E-state index is 0.0623. The number of nitrogens with zero attached hydrogens (tertiary/aromatic N) is 4. The van der Waals surface area contributed by atoms with Crippen LogP contribution in [0.1, 0.15) is 21.6 Å². The first-order valence-corrected chi connectivity index (χ1v) is 10.7. The minimum Gasteiger partial charge on any atom is -0.404 e. The van der Waals surface area contributed by atoms with Gasteiger partial charge >= 0.3 is 6.36 Å². The van der Waals surface area contributed by atoms with Crippen molar-refractivity contribution in [3.05, 3.63) is 82.8 Å². The van der Waals surface area contributed by atoms with E-state index in [0.29, 0.717) is 42.7 Å². The zero-order valence-electron chi connectivity index (χ0n) is 17.7. The van der Waals surface area contributed by atoms with Gasteiger partial charge in [0.1, 0.15) is 17.3 Å². The highest BCUT2D eigenvalue weighted by Crippen LogP contribution is 2.28. The highest BCUT2D eigenvalue weighted by atomic mass is 35.5. The maximum atomic E-state index is 13.1. The molecule has 174 valence electrons. The first-order chi connectivity index (χ1) is 16.3. The Morgan fingerprint density at radius 3 is 2.41 bits per heavy atom. The number of amides is 1. The molecule has 1 aromatic carbocycles. The van der Waals surface area contributed by atoms with Crippen molar-refractivity contribution in [2.75, 3.05) is 31.1 Å². The lowest BCUT2D eigenvalue weighted by Crippen LogP contribution is -2.49. The summed E-state index contributed by atoms with van der Waals surface area (Å²) in [6, 6.07) is 12.2. The largest absolute Gasteiger partial charge is 0.573 e. The van der Waals surface area contributed by atoms with E-state index < -0.39 is 12.1 Å². The van der Waals surface area contributed by atoms with Crippen LogP contribution in [-0.4, -0.2) is 53.3 Å². The molecule has 6 nitrogen and oxygen atoms in total. The summed E-state index contributed by atoms with van der Waals surface area (Å²) < 4.78 is 42.7. The third kappa shape index (κ3) is 5.77. The lowest BCUT2D eigenvalue weighted by atomic mass is 10.1. The Kier molecular flexibility index (Phi) is 6.89. The van der Waals surface area contributed by atoms with E-state index in [2.05, 4.69) is 26.5 Å². The smallest absolute Gasteiger partial charge is 0.404 e. The summed E-state index contributed by atoms with van der Waals surface area (Å²) in [5.41, 5.74) is 0.526. The Hall–Kier alpha value is -3.77. The number of aromatic nitrogens is 2. The molecule has 1 fully saturated rings. The number of rotatable bonds is 3. The molecule has 0 spiro atoms. The van der Waals surface area contributed by atoms with Crippen LogP contribution in [0.2, 0.25) is 5.02 Å². The van der Waals surface area contributed by atoms with Crippen molar-refractivity contribution in [3.63, 3.8) is 0 Å². The Labute approximate surface area is 198 Å². The highest BCUT2D eigenvalue weighted by molar-refractivity contribution is 6.32. The van der Waals surface area contributed by atoms with Gasteiger partial charge < -0.3 is 14.5 Å². The number of benzene rings is 1. The number of hydrogen-bond acceptors (Lipinski definition) is 5. The Morgan fingerprint density at radius 1 is 0.971 bits per heavy atom. The summed E-state index contributed by atoms with van der Waals surface area (Å²) in [6.07, 6.45) is -1.72. The molecule has 2 aromatic heterocycles. The van der Waals surface area contributed by atoms with Gasteiger partial charge in [-0.25, -0.2) is 9.97 Å². The van der Waals surface area contributed by atoms with E-state index in [-0.39, 0.29) is 17.0 Å². The molecule has 0 saturated carbocycles. The third-order valence-corrected chi connectivity index (χ3v) is 5.34. The molecular formula is C24H18ClF3N4O2. The van der Waals surface area contributed by atoms with Crippen molar-refractivity contribution < 1.29 is 22.7 Å². The molecule has 0 aliphatic carbocycles. The quantitative estimate of drug-likeness (QED) is 0.514. The van der Waals surface area contributed by atoms with Gasteiger partial charge in [-0.3, -0.25) is 4.79 Å². The minimum atomic E-state index is -4.89. The number of alkyl halides is 3. The van der Waals surface area contributed by atoms with Gasteiger partial charge in [0.15, 0.2) is 0 Å². The maximum Gasteiger partial charge on any atom is 0.573 e. The molecule has 1 aliphatic rings. The van der Waals surface area contributed by atoms with E-state index in [1.165, 1.54) is 18.3 Å².